The van der Waals surface area contributed by atoms with Crippen molar-refractivity contribution in [2.75, 3.05) is 12.4 Å². The number of oxazole rings is 1. The Morgan fingerprint density at radius 3 is 2.74 bits per heavy atom. The Labute approximate surface area is 206 Å². The number of benzene rings is 3. The van der Waals surface area contributed by atoms with Crippen LogP contribution in [0.25, 0.3) is 11.1 Å². The molecule has 0 saturated heterocycles. The molecule has 0 aliphatic carbocycles. The van der Waals surface area contributed by atoms with Gasteiger partial charge in [0.25, 0.3) is 11.1 Å². The summed E-state index contributed by atoms with van der Waals surface area (Å²) in [6.07, 6.45) is 1.48. The molecule has 9 heteroatoms. The van der Waals surface area contributed by atoms with Gasteiger partial charge in [0.1, 0.15) is 5.52 Å². The van der Waals surface area contributed by atoms with Crippen molar-refractivity contribution in [1.82, 2.24) is 10.4 Å². The highest BCUT2D eigenvalue weighted by Gasteiger charge is 2.13. The lowest BCUT2D eigenvalue weighted by molar-refractivity contribution is -0.118. The Kier molecular flexibility index (Phi) is 7.79. The van der Waals surface area contributed by atoms with Crippen LogP contribution in [0.2, 0.25) is 0 Å². The lowest BCUT2D eigenvalue weighted by Crippen LogP contribution is -2.19. The Bertz CT molecular complexity index is 1350. The fraction of sp³-hybridized carbons (Fsp3) is 0.154. The summed E-state index contributed by atoms with van der Waals surface area (Å²) in [7, 11) is 0. The lowest BCUT2D eigenvalue weighted by Gasteiger charge is -2.11. The zero-order valence-corrected chi connectivity index (χ0v) is 20.0. The zero-order chi connectivity index (χ0) is 24.6. The molecular weight excluding hydrogens is 466 g/mol. The number of ether oxygens (including phenoxy) is 2. The Balaban J connectivity index is 1.34. The number of aryl methyl sites for hydroxylation is 1. The SMILES string of the molecule is CCOc1cc(/C=N\NC(=O)CSc2nc3ccccc3o2)ccc1OC(=O)c1cccc(C)c1. The Hall–Kier alpha value is -4.11. The van der Waals surface area contributed by atoms with Crippen molar-refractivity contribution in [3.05, 3.63) is 83.4 Å². The van der Waals surface area contributed by atoms with Crippen LogP contribution in [0.3, 0.4) is 0 Å². The predicted molar refractivity (Wildman–Crippen MR) is 134 cm³/mol. The van der Waals surface area contributed by atoms with Crippen LogP contribution in [0.15, 0.2) is 81.5 Å². The van der Waals surface area contributed by atoms with Crippen molar-refractivity contribution < 1.29 is 23.5 Å². The van der Waals surface area contributed by atoms with Gasteiger partial charge in [-0.3, -0.25) is 4.79 Å². The molecule has 1 amide bonds. The summed E-state index contributed by atoms with van der Waals surface area (Å²) in [6.45, 7) is 4.13. The summed E-state index contributed by atoms with van der Waals surface area (Å²) in [5.41, 5.74) is 5.97. The first-order chi connectivity index (χ1) is 17.0. The standard InChI is InChI=1S/C26H23N3O5S/c1-3-32-23-14-18(11-12-22(23)33-25(31)19-8-6-7-17(2)13-19)15-27-29-24(30)16-35-26-28-20-9-4-5-10-21(20)34-26/h4-15H,3,16H2,1-2H3,(H,29,30)/b27-15-. The van der Waals surface area contributed by atoms with E-state index in [9.17, 15) is 9.59 Å². The number of aromatic nitrogens is 1. The summed E-state index contributed by atoms with van der Waals surface area (Å²) < 4.78 is 16.8. The van der Waals surface area contributed by atoms with E-state index in [0.717, 1.165) is 11.1 Å². The van der Waals surface area contributed by atoms with Gasteiger partial charge in [0.05, 0.1) is 24.1 Å². The van der Waals surface area contributed by atoms with Crippen molar-refractivity contribution >= 4 is 41.0 Å². The van der Waals surface area contributed by atoms with Crippen molar-refractivity contribution in [3.63, 3.8) is 0 Å². The average Bonchev–Trinajstić information content (AvgIpc) is 3.27. The number of rotatable bonds is 9. The molecule has 4 rings (SSSR count). The molecule has 4 aromatic rings. The fourth-order valence-electron chi connectivity index (χ4n) is 3.14. The second kappa shape index (κ2) is 11.3. The molecule has 0 aliphatic heterocycles. The smallest absolute Gasteiger partial charge is 0.343 e. The molecule has 0 spiro atoms. The van der Waals surface area contributed by atoms with Crippen molar-refractivity contribution in [2.45, 2.75) is 19.1 Å². The van der Waals surface area contributed by atoms with E-state index >= 15 is 0 Å². The number of thioether (sulfide) groups is 1. The first kappa shape index (κ1) is 24.0. The van der Waals surface area contributed by atoms with E-state index in [-0.39, 0.29) is 11.7 Å². The van der Waals surface area contributed by atoms with Gasteiger partial charge in [0.15, 0.2) is 17.1 Å². The fourth-order valence-corrected chi connectivity index (χ4v) is 3.77. The van der Waals surface area contributed by atoms with Gasteiger partial charge in [-0.05, 0) is 61.9 Å². The van der Waals surface area contributed by atoms with Crippen molar-refractivity contribution in [3.8, 4) is 11.5 Å². The van der Waals surface area contributed by atoms with Crippen LogP contribution in [0.1, 0.15) is 28.4 Å². The quantitative estimate of drug-likeness (QED) is 0.116. The van der Waals surface area contributed by atoms with Gasteiger partial charge in [-0.2, -0.15) is 5.10 Å². The summed E-state index contributed by atoms with van der Waals surface area (Å²) in [4.78, 5) is 29.0. The van der Waals surface area contributed by atoms with E-state index in [2.05, 4.69) is 15.5 Å². The van der Waals surface area contributed by atoms with Crippen LogP contribution in [0.5, 0.6) is 11.5 Å². The summed E-state index contributed by atoms with van der Waals surface area (Å²) >= 11 is 1.18. The minimum absolute atomic E-state index is 0.0994. The van der Waals surface area contributed by atoms with Gasteiger partial charge in [0, 0.05) is 0 Å². The van der Waals surface area contributed by atoms with Gasteiger partial charge < -0.3 is 13.9 Å². The molecule has 0 radical (unpaired) electrons. The van der Waals surface area contributed by atoms with E-state index in [1.54, 1.807) is 36.4 Å². The molecule has 3 aromatic carbocycles. The van der Waals surface area contributed by atoms with Crippen LogP contribution in [0, 0.1) is 6.92 Å². The number of nitrogens with zero attached hydrogens (tertiary/aromatic N) is 2. The molecule has 1 N–H and O–H groups in total. The van der Waals surface area contributed by atoms with Gasteiger partial charge in [-0.15, -0.1) is 0 Å². The number of hydrogen-bond acceptors (Lipinski definition) is 8. The van der Waals surface area contributed by atoms with Crippen LogP contribution in [-0.4, -0.2) is 35.4 Å². The minimum atomic E-state index is -0.472. The number of fused-ring (bicyclic) bond motifs is 1. The highest BCUT2D eigenvalue weighted by atomic mass is 32.2. The van der Waals surface area contributed by atoms with Gasteiger partial charge in [0.2, 0.25) is 0 Å². The molecule has 0 unspecified atom stereocenters. The number of esters is 1. The van der Waals surface area contributed by atoms with Gasteiger partial charge in [-0.25, -0.2) is 15.2 Å². The third kappa shape index (κ3) is 6.48. The molecule has 8 nitrogen and oxygen atoms in total. The van der Waals surface area contributed by atoms with Crippen LogP contribution < -0.4 is 14.9 Å². The molecule has 1 aromatic heterocycles. The normalized spacial score (nSPS) is 11.0. The predicted octanol–water partition coefficient (Wildman–Crippen LogP) is 5.00. The zero-order valence-electron chi connectivity index (χ0n) is 19.2. The second-order valence-corrected chi connectivity index (χ2v) is 8.35. The van der Waals surface area contributed by atoms with E-state index < -0.39 is 5.97 Å². The van der Waals surface area contributed by atoms with Gasteiger partial charge in [-0.1, -0.05) is 41.6 Å². The summed E-state index contributed by atoms with van der Waals surface area (Å²) in [5, 5.41) is 4.41. The highest BCUT2D eigenvalue weighted by molar-refractivity contribution is 7.99. The van der Waals surface area contributed by atoms with Gasteiger partial charge >= 0.3 is 5.97 Å². The number of hydrogen-bond donors (Lipinski definition) is 1. The molecule has 0 atom stereocenters. The first-order valence-electron chi connectivity index (χ1n) is 10.9. The maximum absolute atomic E-state index is 12.5. The van der Waals surface area contributed by atoms with E-state index in [0.29, 0.717) is 40.0 Å². The van der Waals surface area contributed by atoms with E-state index in [4.69, 9.17) is 13.9 Å². The number of carbonyl (C=O) groups excluding carboxylic acids is 2. The highest BCUT2D eigenvalue weighted by Crippen LogP contribution is 2.29. The molecule has 178 valence electrons. The third-order valence-electron chi connectivity index (χ3n) is 4.73. The number of nitrogens with one attached hydrogen (secondary N) is 1. The largest absolute Gasteiger partial charge is 0.490 e. The van der Waals surface area contributed by atoms with Crippen molar-refractivity contribution in [2.24, 2.45) is 5.10 Å². The molecule has 0 bridgehead atoms. The average molecular weight is 490 g/mol. The van der Waals surface area contributed by atoms with Crippen molar-refractivity contribution in [1.29, 1.82) is 0 Å². The first-order valence-corrected chi connectivity index (χ1v) is 11.9. The summed E-state index contributed by atoms with van der Waals surface area (Å²) in [6, 6.07) is 19.6. The molecule has 35 heavy (non-hydrogen) atoms. The molecular formula is C26H23N3O5S. The Morgan fingerprint density at radius 2 is 1.94 bits per heavy atom. The maximum atomic E-state index is 12.5. The molecule has 0 fully saturated rings. The van der Waals surface area contributed by atoms with Crippen LogP contribution >= 0.6 is 11.8 Å². The number of carbonyl (C=O) groups is 2. The topological polar surface area (TPSA) is 103 Å². The van der Waals surface area contributed by atoms with E-state index in [1.807, 2.05) is 44.2 Å². The Morgan fingerprint density at radius 1 is 1.09 bits per heavy atom. The monoisotopic (exact) mass is 489 g/mol. The molecule has 1 heterocycles. The summed E-state index contributed by atoms with van der Waals surface area (Å²) in [5.74, 6) is 0.0222. The second-order valence-electron chi connectivity index (χ2n) is 7.43. The number of para-hydroxylation sites is 2. The molecule has 0 aliphatic rings. The van der Waals surface area contributed by atoms with Crippen LogP contribution in [-0.2, 0) is 4.79 Å². The third-order valence-corrected chi connectivity index (χ3v) is 5.56. The molecule has 0 saturated carbocycles. The van der Waals surface area contributed by atoms with E-state index in [1.165, 1.54) is 18.0 Å². The maximum Gasteiger partial charge on any atom is 0.343 e. The number of hydrazone groups is 1. The lowest BCUT2D eigenvalue weighted by atomic mass is 10.1. The number of amides is 1. The minimum Gasteiger partial charge on any atom is -0.490 e. The van der Waals surface area contributed by atoms with Crippen LogP contribution in [0.4, 0.5) is 0 Å².